The van der Waals surface area contributed by atoms with Crippen LogP contribution < -0.4 is 14.8 Å². The van der Waals surface area contributed by atoms with E-state index in [1.165, 1.54) is 6.92 Å². The number of carbonyl (C=O) groups is 1. The molecule has 2 rings (SSSR count). The molecule has 0 aliphatic carbocycles. The van der Waals surface area contributed by atoms with Gasteiger partial charge >= 0.3 is 0 Å². The minimum Gasteiger partial charge on any atom is -0.486 e. The summed E-state index contributed by atoms with van der Waals surface area (Å²) in [7, 11) is 0. The molecule has 1 heterocycles. The van der Waals surface area contributed by atoms with E-state index in [4.69, 9.17) is 9.47 Å². The Labute approximate surface area is 88.2 Å². The lowest BCUT2D eigenvalue weighted by Crippen LogP contribution is -2.25. The highest BCUT2D eigenvalue weighted by molar-refractivity contribution is 5.89. The zero-order valence-corrected chi connectivity index (χ0v) is 8.74. The van der Waals surface area contributed by atoms with Crippen molar-refractivity contribution < 1.29 is 14.3 Å². The van der Waals surface area contributed by atoms with E-state index in [0.29, 0.717) is 12.4 Å². The fourth-order valence-electron chi connectivity index (χ4n) is 1.46. The van der Waals surface area contributed by atoms with Gasteiger partial charge in [0, 0.05) is 18.7 Å². The molecule has 0 aromatic heterocycles. The van der Waals surface area contributed by atoms with Crippen molar-refractivity contribution in [1.82, 2.24) is 0 Å². The molecular weight excluding hydrogens is 194 g/mol. The van der Waals surface area contributed by atoms with E-state index in [2.05, 4.69) is 5.32 Å². The Kier molecular flexibility index (Phi) is 2.49. The molecule has 80 valence electrons. The van der Waals surface area contributed by atoms with Gasteiger partial charge in [0.05, 0.1) is 0 Å². The lowest BCUT2D eigenvalue weighted by molar-refractivity contribution is -0.114. The first kappa shape index (κ1) is 9.83. The summed E-state index contributed by atoms with van der Waals surface area (Å²) in [6.45, 7) is 3.97. The maximum atomic E-state index is 10.9. The number of hydrogen-bond donors (Lipinski definition) is 1. The molecule has 0 saturated heterocycles. The summed E-state index contributed by atoms with van der Waals surface area (Å²) in [5, 5.41) is 2.70. The largest absolute Gasteiger partial charge is 0.486 e. The van der Waals surface area contributed by atoms with Crippen molar-refractivity contribution in [2.24, 2.45) is 0 Å². The van der Waals surface area contributed by atoms with Crippen molar-refractivity contribution in [3.8, 4) is 11.5 Å². The minimum atomic E-state index is -0.0975. The number of carbonyl (C=O) groups excluding carboxylic acids is 1. The highest BCUT2D eigenvalue weighted by Gasteiger charge is 2.17. The zero-order valence-electron chi connectivity index (χ0n) is 8.74. The molecule has 1 aromatic carbocycles. The summed E-state index contributed by atoms with van der Waals surface area (Å²) in [5.74, 6) is 1.31. The van der Waals surface area contributed by atoms with Gasteiger partial charge in [0.15, 0.2) is 11.5 Å². The maximum Gasteiger partial charge on any atom is 0.221 e. The first-order valence-corrected chi connectivity index (χ1v) is 4.86. The smallest absolute Gasteiger partial charge is 0.221 e. The topological polar surface area (TPSA) is 47.6 Å². The SMILES string of the molecule is CC(=O)Nc1ccc2c(c1)OC(C)CO2. The summed E-state index contributed by atoms with van der Waals surface area (Å²) in [4.78, 5) is 10.9. The number of anilines is 1. The standard InChI is InChI=1S/C11H13NO3/c1-7-6-14-10-4-3-9(12-8(2)13)5-11(10)15-7/h3-5,7H,6H2,1-2H3,(H,12,13). The van der Waals surface area contributed by atoms with Gasteiger partial charge in [-0.3, -0.25) is 4.79 Å². The zero-order chi connectivity index (χ0) is 10.8. The third-order valence-electron chi connectivity index (χ3n) is 2.07. The Morgan fingerprint density at radius 2 is 2.27 bits per heavy atom. The van der Waals surface area contributed by atoms with Crippen LogP contribution in [-0.4, -0.2) is 18.6 Å². The molecule has 4 nitrogen and oxygen atoms in total. The van der Waals surface area contributed by atoms with E-state index in [1.807, 2.05) is 6.92 Å². The van der Waals surface area contributed by atoms with Crippen LogP contribution in [0.5, 0.6) is 11.5 Å². The van der Waals surface area contributed by atoms with Gasteiger partial charge in [0.2, 0.25) is 5.91 Å². The summed E-state index contributed by atoms with van der Waals surface area (Å²) < 4.78 is 11.0. The number of rotatable bonds is 1. The number of ether oxygens (including phenoxy) is 2. The molecule has 1 aromatic rings. The number of nitrogens with one attached hydrogen (secondary N) is 1. The lowest BCUT2D eigenvalue weighted by Gasteiger charge is -2.24. The quantitative estimate of drug-likeness (QED) is 0.763. The molecule has 1 amide bonds. The lowest BCUT2D eigenvalue weighted by atomic mass is 10.2. The summed E-state index contributed by atoms with van der Waals surface area (Å²) >= 11 is 0. The third-order valence-corrected chi connectivity index (χ3v) is 2.07. The fraction of sp³-hybridized carbons (Fsp3) is 0.364. The molecule has 4 heteroatoms. The second-order valence-corrected chi connectivity index (χ2v) is 3.58. The predicted molar refractivity (Wildman–Crippen MR) is 56.3 cm³/mol. The van der Waals surface area contributed by atoms with E-state index in [1.54, 1.807) is 18.2 Å². The average molecular weight is 207 g/mol. The molecule has 1 aliphatic rings. The number of amides is 1. The molecule has 0 spiro atoms. The van der Waals surface area contributed by atoms with Crippen LogP contribution in [0.3, 0.4) is 0 Å². The van der Waals surface area contributed by atoms with Crippen LogP contribution in [0.25, 0.3) is 0 Å². The second-order valence-electron chi connectivity index (χ2n) is 3.58. The van der Waals surface area contributed by atoms with Crippen LogP contribution in [0.4, 0.5) is 5.69 Å². The van der Waals surface area contributed by atoms with Crippen molar-refractivity contribution in [2.45, 2.75) is 20.0 Å². The first-order chi connectivity index (χ1) is 7.15. The molecule has 1 N–H and O–H groups in total. The normalized spacial score (nSPS) is 18.4. The van der Waals surface area contributed by atoms with Gasteiger partial charge in [-0.05, 0) is 19.1 Å². The molecule has 0 bridgehead atoms. The van der Waals surface area contributed by atoms with Gasteiger partial charge in [0.25, 0.3) is 0 Å². The number of benzene rings is 1. The molecule has 0 saturated carbocycles. The Hall–Kier alpha value is -1.71. The van der Waals surface area contributed by atoms with Crippen LogP contribution in [-0.2, 0) is 4.79 Å². The van der Waals surface area contributed by atoms with Gasteiger partial charge in [0.1, 0.15) is 12.7 Å². The van der Waals surface area contributed by atoms with Gasteiger partial charge in [-0.25, -0.2) is 0 Å². The first-order valence-electron chi connectivity index (χ1n) is 4.86. The van der Waals surface area contributed by atoms with Crippen molar-refractivity contribution in [3.05, 3.63) is 18.2 Å². The highest BCUT2D eigenvalue weighted by atomic mass is 16.6. The van der Waals surface area contributed by atoms with Gasteiger partial charge in [-0.2, -0.15) is 0 Å². The van der Waals surface area contributed by atoms with Crippen LogP contribution in [0, 0.1) is 0 Å². The molecule has 0 radical (unpaired) electrons. The van der Waals surface area contributed by atoms with Crippen molar-refractivity contribution in [3.63, 3.8) is 0 Å². The summed E-state index contributed by atoms with van der Waals surface area (Å²) in [6.07, 6.45) is 0.0464. The average Bonchev–Trinajstić information content (AvgIpc) is 2.16. The molecule has 15 heavy (non-hydrogen) atoms. The minimum absolute atomic E-state index is 0.0464. The van der Waals surface area contributed by atoms with Crippen molar-refractivity contribution in [1.29, 1.82) is 0 Å². The maximum absolute atomic E-state index is 10.9. The molecule has 1 unspecified atom stereocenters. The predicted octanol–water partition coefficient (Wildman–Crippen LogP) is 1.80. The van der Waals surface area contributed by atoms with Gasteiger partial charge in [-0.1, -0.05) is 0 Å². The van der Waals surface area contributed by atoms with Crippen LogP contribution in [0.2, 0.25) is 0 Å². The Morgan fingerprint density at radius 1 is 1.47 bits per heavy atom. The third kappa shape index (κ3) is 2.21. The van der Waals surface area contributed by atoms with E-state index >= 15 is 0 Å². The van der Waals surface area contributed by atoms with Gasteiger partial charge in [-0.15, -0.1) is 0 Å². The second kappa shape index (κ2) is 3.81. The Morgan fingerprint density at radius 3 is 3.00 bits per heavy atom. The van der Waals surface area contributed by atoms with Gasteiger partial charge < -0.3 is 14.8 Å². The van der Waals surface area contributed by atoms with Crippen LogP contribution >= 0.6 is 0 Å². The van der Waals surface area contributed by atoms with E-state index < -0.39 is 0 Å². The van der Waals surface area contributed by atoms with E-state index in [0.717, 1.165) is 11.4 Å². The molecular formula is C11H13NO3. The summed E-state index contributed by atoms with van der Waals surface area (Å²) in [6, 6.07) is 5.36. The van der Waals surface area contributed by atoms with Crippen molar-refractivity contribution in [2.75, 3.05) is 11.9 Å². The van der Waals surface area contributed by atoms with E-state index in [9.17, 15) is 4.79 Å². The van der Waals surface area contributed by atoms with Crippen LogP contribution in [0.15, 0.2) is 18.2 Å². The molecule has 1 aliphatic heterocycles. The molecule has 1 atom stereocenters. The number of hydrogen-bond acceptors (Lipinski definition) is 3. The number of fused-ring (bicyclic) bond motifs is 1. The Bertz CT molecular complexity index is 389. The van der Waals surface area contributed by atoms with Crippen molar-refractivity contribution >= 4 is 11.6 Å². The summed E-state index contributed by atoms with van der Waals surface area (Å²) in [5.41, 5.74) is 0.721. The van der Waals surface area contributed by atoms with Crippen LogP contribution in [0.1, 0.15) is 13.8 Å². The van der Waals surface area contributed by atoms with E-state index in [-0.39, 0.29) is 12.0 Å². The highest BCUT2D eigenvalue weighted by Crippen LogP contribution is 2.34. The molecule has 0 fully saturated rings. The fourth-order valence-corrected chi connectivity index (χ4v) is 1.46. The Balaban J connectivity index is 2.24. The monoisotopic (exact) mass is 207 g/mol.